The topological polar surface area (TPSA) is 47.4 Å². The molecule has 1 aromatic carbocycles. The Bertz CT molecular complexity index is 731. The number of aromatic nitrogens is 2. The summed E-state index contributed by atoms with van der Waals surface area (Å²) in [5.41, 5.74) is 2.33. The summed E-state index contributed by atoms with van der Waals surface area (Å²) in [6, 6.07) is 8.28. The summed E-state index contributed by atoms with van der Waals surface area (Å²) in [6.07, 6.45) is 2.67. The lowest BCUT2D eigenvalue weighted by molar-refractivity contribution is -0.138. The van der Waals surface area contributed by atoms with E-state index in [0.29, 0.717) is 13.0 Å². The summed E-state index contributed by atoms with van der Waals surface area (Å²) < 4.78 is 7.63. The van der Waals surface area contributed by atoms with Crippen molar-refractivity contribution in [2.45, 2.75) is 39.3 Å². The van der Waals surface area contributed by atoms with Crippen LogP contribution in [0, 0.1) is 5.41 Å². The first kappa shape index (κ1) is 14.7. The first-order valence-corrected chi connectivity index (χ1v) is 8.51. The summed E-state index contributed by atoms with van der Waals surface area (Å²) in [5, 5.41) is 5.90. The van der Waals surface area contributed by atoms with E-state index in [-0.39, 0.29) is 11.3 Å². The van der Waals surface area contributed by atoms with E-state index in [2.05, 4.69) is 19.1 Å². The fourth-order valence-corrected chi connectivity index (χ4v) is 3.95. The van der Waals surface area contributed by atoms with E-state index in [1.165, 1.54) is 0 Å². The van der Waals surface area contributed by atoms with Gasteiger partial charge in [-0.2, -0.15) is 5.10 Å². The van der Waals surface area contributed by atoms with Gasteiger partial charge >= 0.3 is 0 Å². The molecule has 1 atom stereocenters. The number of aryl methyl sites for hydroxylation is 1. The lowest BCUT2D eigenvalue weighted by Gasteiger charge is -2.39. The quantitative estimate of drug-likeness (QED) is 0.875. The zero-order chi connectivity index (χ0) is 15.9. The Morgan fingerprint density at radius 3 is 2.96 bits per heavy atom. The number of fused-ring (bicyclic) bond motifs is 1. The number of benzene rings is 1. The third kappa shape index (κ3) is 2.53. The average molecular weight is 313 g/mol. The maximum Gasteiger partial charge on any atom is 0.222 e. The highest BCUT2D eigenvalue weighted by Crippen LogP contribution is 2.38. The van der Waals surface area contributed by atoms with Gasteiger partial charge in [0.05, 0.1) is 24.4 Å². The second-order valence-electron chi connectivity index (χ2n) is 6.83. The van der Waals surface area contributed by atoms with Crippen molar-refractivity contribution < 1.29 is 9.53 Å². The van der Waals surface area contributed by atoms with Crippen LogP contribution in [-0.2, 0) is 22.6 Å². The number of amides is 1. The van der Waals surface area contributed by atoms with Crippen molar-refractivity contribution in [1.29, 1.82) is 0 Å². The normalized spacial score (nSPS) is 24.9. The van der Waals surface area contributed by atoms with Gasteiger partial charge in [-0.15, -0.1) is 0 Å². The van der Waals surface area contributed by atoms with Crippen LogP contribution in [0.3, 0.4) is 0 Å². The van der Waals surface area contributed by atoms with Crippen LogP contribution >= 0.6 is 0 Å². The highest BCUT2D eigenvalue weighted by molar-refractivity contribution is 5.83. The Balaban J connectivity index is 1.63. The zero-order valence-electron chi connectivity index (χ0n) is 13.6. The van der Waals surface area contributed by atoms with Crippen molar-refractivity contribution in [3.8, 4) is 0 Å². The van der Waals surface area contributed by atoms with Gasteiger partial charge in [0.25, 0.3) is 0 Å². The molecular weight excluding hydrogens is 290 g/mol. The molecule has 0 bridgehead atoms. The van der Waals surface area contributed by atoms with Crippen LogP contribution in [-0.4, -0.2) is 40.3 Å². The van der Waals surface area contributed by atoms with Gasteiger partial charge in [0.1, 0.15) is 0 Å². The number of para-hydroxylation sites is 1. The molecule has 0 N–H and O–H groups in total. The lowest BCUT2D eigenvalue weighted by Crippen LogP contribution is -2.46. The third-order valence-corrected chi connectivity index (χ3v) is 5.31. The van der Waals surface area contributed by atoms with Gasteiger partial charge in [-0.1, -0.05) is 18.2 Å². The number of likely N-dealkylation sites (tertiary alicyclic amines) is 1. The second kappa shape index (κ2) is 5.64. The molecule has 23 heavy (non-hydrogen) atoms. The molecule has 1 unspecified atom stereocenters. The van der Waals surface area contributed by atoms with E-state index in [4.69, 9.17) is 9.84 Å². The molecule has 2 saturated heterocycles. The van der Waals surface area contributed by atoms with Crippen molar-refractivity contribution in [1.82, 2.24) is 14.7 Å². The van der Waals surface area contributed by atoms with E-state index in [0.717, 1.165) is 55.7 Å². The number of carbonyl (C=O) groups excluding carboxylic acids is 1. The molecule has 1 aromatic heterocycles. The SMILES string of the molecule is CCn1nc(CN2CC3(CCOC3)CCC2=O)c2ccccc21. The van der Waals surface area contributed by atoms with E-state index in [1.54, 1.807) is 0 Å². The van der Waals surface area contributed by atoms with Gasteiger partial charge in [-0.3, -0.25) is 9.48 Å². The van der Waals surface area contributed by atoms with Crippen molar-refractivity contribution in [2.75, 3.05) is 19.8 Å². The van der Waals surface area contributed by atoms with Crippen molar-refractivity contribution in [2.24, 2.45) is 5.41 Å². The van der Waals surface area contributed by atoms with Gasteiger partial charge in [-0.25, -0.2) is 0 Å². The fraction of sp³-hybridized carbons (Fsp3) is 0.556. The summed E-state index contributed by atoms with van der Waals surface area (Å²) >= 11 is 0. The predicted molar refractivity (Wildman–Crippen MR) is 87.9 cm³/mol. The molecule has 1 spiro atoms. The molecule has 2 aromatic rings. The molecule has 0 saturated carbocycles. The predicted octanol–water partition coefficient (Wildman–Crippen LogP) is 2.59. The molecule has 2 aliphatic heterocycles. The van der Waals surface area contributed by atoms with E-state index in [9.17, 15) is 4.79 Å². The van der Waals surface area contributed by atoms with Crippen molar-refractivity contribution in [3.05, 3.63) is 30.0 Å². The molecule has 2 fully saturated rings. The maximum absolute atomic E-state index is 12.4. The molecule has 3 heterocycles. The van der Waals surface area contributed by atoms with Crippen LogP contribution in [0.1, 0.15) is 31.9 Å². The van der Waals surface area contributed by atoms with E-state index >= 15 is 0 Å². The number of ether oxygens (including phenoxy) is 1. The zero-order valence-corrected chi connectivity index (χ0v) is 13.6. The Labute approximate surface area is 136 Å². The number of rotatable bonds is 3. The van der Waals surface area contributed by atoms with Crippen LogP contribution in [0.2, 0.25) is 0 Å². The van der Waals surface area contributed by atoms with Gasteiger partial charge in [0.2, 0.25) is 5.91 Å². The average Bonchev–Trinajstić information content (AvgIpc) is 3.17. The van der Waals surface area contributed by atoms with Gasteiger partial charge in [-0.05, 0) is 25.8 Å². The van der Waals surface area contributed by atoms with E-state index < -0.39 is 0 Å². The highest BCUT2D eigenvalue weighted by atomic mass is 16.5. The lowest BCUT2D eigenvalue weighted by atomic mass is 9.79. The van der Waals surface area contributed by atoms with Crippen LogP contribution in [0.25, 0.3) is 10.9 Å². The Morgan fingerprint density at radius 2 is 2.17 bits per heavy atom. The van der Waals surface area contributed by atoms with Crippen molar-refractivity contribution in [3.63, 3.8) is 0 Å². The standard InChI is InChI=1S/C18H23N3O2/c1-2-21-16-6-4-3-5-14(16)15(19-21)11-20-12-18(8-7-17(20)22)9-10-23-13-18/h3-6H,2,7-13H2,1H3. The molecular formula is C18H23N3O2. The smallest absolute Gasteiger partial charge is 0.222 e. The highest BCUT2D eigenvalue weighted by Gasteiger charge is 2.41. The number of hydrogen-bond acceptors (Lipinski definition) is 3. The number of piperidine rings is 1. The fourth-order valence-electron chi connectivity index (χ4n) is 3.95. The Kier molecular flexibility index (Phi) is 3.60. The van der Waals surface area contributed by atoms with Gasteiger partial charge in [0, 0.05) is 36.9 Å². The number of hydrogen-bond donors (Lipinski definition) is 0. The Hall–Kier alpha value is -1.88. The molecule has 2 aliphatic rings. The monoisotopic (exact) mass is 313 g/mol. The van der Waals surface area contributed by atoms with Crippen LogP contribution in [0.15, 0.2) is 24.3 Å². The van der Waals surface area contributed by atoms with Crippen LogP contribution in [0.5, 0.6) is 0 Å². The minimum Gasteiger partial charge on any atom is -0.381 e. The summed E-state index contributed by atoms with van der Waals surface area (Å²) in [7, 11) is 0. The molecule has 5 nitrogen and oxygen atoms in total. The minimum absolute atomic E-state index is 0.178. The number of carbonyl (C=O) groups is 1. The molecule has 5 heteroatoms. The van der Waals surface area contributed by atoms with Crippen LogP contribution < -0.4 is 0 Å². The number of nitrogens with zero attached hydrogens (tertiary/aromatic N) is 3. The van der Waals surface area contributed by atoms with Gasteiger partial charge < -0.3 is 9.64 Å². The largest absolute Gasteiger partial charge is 0.381 e. The first-order chi connectivity index (χ1) is 11.2. The van der Waals surface area contributed by atoms with E-state index in [1.807, 2.05) is 21.7 Å². The summed E-state index contributed by atoms with van der Waals surface area (Å²) in [6.45, 7) is 5.97. The molecule has 4 rings (SSSR count). The third-order valence-electron chi connectivity index (χ3n) is 5.31. The molecule has 1 amide bonds. The summed E-state index contributed by atoms with van der Waals surface area (Å²) in [5.74, 6) is 0.248. The van der Waals surface area contributed by atoms with Crippen LogP contribution in [0.4, 0.5) is 0 Å². The molecule has 0 aliphatic carbocycles. The summed E-state index contributed by atoms with van der Waals surface area (Å²) in [4.78, 5) is 14.4. The Morgan fingerprint density at radius 1 is 1.30 bits per heavy atom. The molecule has 0 radical (unpaired) electrons. The van der Waals surface area contributed by atoms with Gasteiger partial charge in [0.15, 0.2) is 0 Å². The maximum atomic E-state index is 12.4. The first-order valence-electron chi connectivity index (χ1n) is 8.51. The molecule has 122 valence electrons. The van der Waals surface area contributed by atoms with Crippen molar-refractivity contribution >= 4 is 16.8 Å². The second-order valence-corrected chi connectivity index (χ2v) is 6.83. The minimum atomic E-state index is 0.178.